The van der Waals surface area contributed by atoms with Gasteiger partial charge in [-0.1, -0.05) is 18.3 Å². The zero-order chi connectivity index (χ0) is 7.11. The zero-order valence-electron chi connectivity index (χ0n) is 5.00. The molecule has 0 aromatic carbocycles. The number of thiocarbonyl (C=S) groups is 1. The minimum absolute atomic E-state index is 0.371. The van der Waals surface area contributed by atoms with Crippen molar-refractivity contribution in [2.24, 2.45) is 0 Å². The van der Waals surface area contributed by atoms with E-state index in [9.17, 15) is 4.79 Å². The van der Waals surface area contributed by atoms with Crippen LogP contribution in [0.4, 0.5) is 0 Å². The molecular weight excluding hydrogens is 136 g/mol. The molecule has 0 heterocycles. The van der Waals surface area contributed by atoms with Gasteiger partial charge in [0.25, 0.3) is 0 Å². The predicted molar refractivity (Wildman–Crippen MR) is 39.4 cm³/mol. The molecule has 9 heavy (non-hydrogen) atoms. The van der Waals surface area contributed by atoms with E-state index in [0.717, 1.165) is 5.37 Å². The number of carbonyl (C=O) groups is 1. The number of carbonyl (C=O) groups excluding carboxylic acids is 1. The molecule has 0 saturated carbocycles. The maximum atomic E-state index is 10.3. The molecule has 0 aliphatic heterocycles. The monoisotopic (exact) mass is 144 g/mol. The molecular formula is C6H8O2S. The lowest BCUT2D eigenvalue weighted by atomic mass is 10.5. The van der Waals surface area contributed by atoms with E-state index in [1.54, 1.807) is 6.08 Å². The summed E-state index contributed by atoms with van der Waals surface area (Å²) in [6.45, 7) is 3.83. The molecule has 0 aromatic rings. The first kappa shape index (κ1) is 8.30. The third-order valence-corrected chi connectivity index (χ3v) is 0.855. The molecule has 0 amide bonds. The van der Waals surface area contributed by atoms with E-state index in [2.05, 4.69) is 23.5 Å². The molecule has 3 heteroatoms. The highest BCUT2D eigenvalue weighted by molar-refractivity contribution is 7.80. The Hall–Kier alpha value is -0.700. The molecule has 0 atom stereocenters. The molecule has 0 radical (unpaired) electrons. The molecule has 0 spiro atoms. The fourth-order valence-electron chi connectivity index (χ4n) is 0.277. The van der Waals surface area contributed by atoms with Crippen LogP contribution in [0.25, 0.3) is 0 Å². The van der Waals surface area contributed by atoms with Crippen LogP contribution in [0.3, 0.4) is 0 Å². The highest BCUT2D eigenvalue weighted by Crippen LogP contribution is 1.82. The smallest absolute Gasteiger partial charge is 0.341 e. The second-order valence-corrected chi connectivity index (χ2v) is 1.60. The molecule has 50 valence electrons. The van der Waals surface area contributed by atoms with Gasteiger partial charge in [-0.05, 0) is 6.42 Å². The molecule has 0 rings (SSSR count). The summed E-state index contributed by atoms with van der Waals surface area (Å²) < 4.78 is 4.56. The van der Waals surface area contributed by atoms with Gasteiger partial charge >= 0.3 is 5.97 Å². The van der Waals surface area contributed by atoms with Crippen LogP contribution < -0.4 is 0 Å². The van der Waals surface area contributed by atoms with Crippen molar-refractivity contribution in [1.29, 1.82) is 0 Å². The molecule has 0 aromatic heterocycles. The molecule has 0 N–H and O–H groups in total. The van der Waals surface area contributed by atoms with Crippen LogP contribution >= 0.6 is 12.2 Å². The summed E-state index contributed by atoms with van der Waals surface area (Å²) in [7, 11) is 0. The number of hydrogen-bond acceptors (Lipinski definition) is 3. The predicted octanol–water partition coefficient (Wildman–Crippen LogP) is 1.11. The Morgan fingerprint density at radius 1 is 1.78 bits per heavy atom. The van der Waals surface area contributed by atoms with E-state index in [0.29, 0.717) is 13.0 Å². The minimum Gasteiger partial charge on any atom is -0.462 e. The molecule has 0 unspecified atom stereocenters. The lowest BCUT2D eigenvalue weighted by Gasteiger charge is -1.94. The molecule has 2 nitrogen and oxygen atoms in total. The Balaban J connectivity index is 3.16. The fraction of sp³-hybridized carbons (Fsp3) is 0.333. The van der Waals surface area contributed by atoms with Gasteiger partial charge in [0.2, 0.25) is 0 Å². The largest absolute Gasteiger partial charge is 0.462 e. The molecule has 0 aliphatic carbocycles. The zero-order valence-corrected chi connectivity index (χ0v) is 5.82. The standard InChI is InChI=1S/C6H8O2S/c1-2-3-4-8-6(7)5-9/h2,5H,1,3-4H2. The SMILES string of the molecule is C=CCCOC(=O)C=S. The summed E-state index contributed by atoms with van der Waals surface area (Å²) in [6, 6.07) is 0. The van der Waals surface area contributed by atoms with E-state index >= 15 is 0 Å². The Morgan fingerprint density at radius 2 is 2.44 bits per heavy atom. The average Bonchev–Trinajstić information content (AvgIpc) is 1.89. The van der Waals surface area contributed by atoms with Crippen molar-refractivity contribution in [3.05, 3.63) is 12.7 Å². The van der Waals surface area contributed by atoms with Gasteiger partial charge in [0, 0.05) is 0 Å². The molecule has 0 fully saturated rings. The van der Waals surface area contributed by atoms with Crippen LogP contribution in [-0.2, 0) is 9.53 Å². The van der Waals surface area contributed by atoms with E-state index in [-0.39, 0.29) is 0 Å². The van der Waals surface area contributed by atoms with Crippen molar-refractivity contribution in [2.75, 3.05) is 6.61 Å². The van der Waals surface area contributed by atoms with Gasteiger partial charge in [0.05, 0.1) is 12.0 Å². The van der Waals surface area contributed by atoms with Gasteiger partial charge in [-0.2, -0.15) is 0 Å². The summed E-state index contributed by atoms with van der Waals surface area (Å²) in [6.07, 6.45) is 2.35. The van der Waals surface area contributed by atoms with E-state index in [1.807, 2.05) is 0 Å². The second-order valence-electron chi connectivity index (χ2n) is 1.36. The van der Waals surface area contributed by atoms with Gasteiger partial charge in [0.15, 0.2) is 0 Å². The van der Waals surface area contributed by atoms with Crippen molar-refractivity contribution in [2.45, 2.75) is 6.42 Å². The van der Waals surface area contributed by atoms with Crippen molar-refractivity contribution in [1.82, 2.24) is 0 Å². The third-order valence-electron chi connectivity index (χ3n) is 0.663. The lowest BCUT2D eigenvalue weighted by Crippen LogP contribution is -2.04. The highest BCUT2D eigenvalue weighted by atomic mass is 32.1. The van der Waals surface area contributed by atoms with Crippen LogP contribution in [0.5, 0.6) is 0 Å². The fourth-order valence-corrected chi connectivity index (χ4v) is 0.345. The van der Waals surface area contributed by atoms with Crippen LogP contribution in [-0.4, -0.2) is 17.9 Å². The normalized spacial score (nSPS) is 8.00. The lowest BCUT2D eigenvalue weighted by molar-refractivity contribution is -0.134. The van der Waals surface area contributed by atoms with Gasteiger partial charge in [-0.25, -0.2) is 4.79 Å². The second kappa shape index (κ2) is 5.44. The van der Waals surface area contributed by atoms with Crippen molar-refractivity contribution >= 4 is 23.6 Å². The Bertz CT molecular complexity index is 120. The number of hydrogen-bond donors (Lipinski definition) is 0. The minimum atomic E-state index is -0.452. The van der Waals surface area contributed by atoms with Gasteiger partial charge in [-0.3, -0.25) is 0 Å². The van der Waals surface area contributed by atoms with Gasteiger partial charge in [-0.15, -0.1) is 6.58 Å². The highest BCUT2D eigenvalue weighted by Gasteiger charge is 1.91. The van der Waals surface area contributed by atoms with Crippen LogP contribution in [0.2, 0.25) is 0 Å². The Morgan fingerprint density at radius 3 is 2.89 bits per heavy atom. The topological polar surface area (TPSA) is 26.3 Å². The molecule has 0 aliphatic rings. The molecule has 0 saturated heterocycles. The number of rotatable bonds is 4. The van der Waals surface area contributed by atoms with Crippen LogP contribution in [0, 0.1) is 0 Å². The summed E-state index contributed by atoms with van der Waals surface area (Å²) in [5, 5.41) is 0.975. The maximum absolute atomic E-state index is 10.3. The first-order valence-corrected chi connectivity index (χ1v) is 3.01. The van der Waals surface area contributed by atoms with E-state index < -0.39 is 5.97 Å². The summed E-state index contributed by atoms with van der Waals surface area (Å²) in [5.74, 6) is -0.452. The van der Waals surface area contributed by atoms with Crippen molar-refractivity contribution in [3.63, 3.8) is 0 Å². The van der Waals surface area contributed by atoms with E-state index in [1.165, 1.54) is 0 Å². The number of esters is 1. The Labute approximate surface area is 59.5 Å². The first-order chi connectivity index (χ1) is 4.31. The Kier molecular flexibility index (Phi) is 5.01. The quantitative estimate of drug-likeness (QED) is 0.256. The van der Waals surface area contributed by atoms with Crippen molar-refractivity contribution < 1.29 is 9.53 Å². The summed E-state index contributed by atoms with van der Waals surface area (Å²) in [4.78, 5) is 10.3. The van der Waals surface area contributed by atoms with Gasteiger partial charge in [0.1, 0.15) is 0 Å². The van der Waals surface area contributed by atoms with Crippen LogP contribution in [0.15, 0.2) is 12.7 Å². The summed E-state index contributed by atoms with van der Waals surface area (Å²) >= 11 is 4.30. The average molecular weight is 144 g/mol. The summed E-state index contributed by atoms with van der Waals surface area (Å²) in [5.41, 5.74) is 0. The number of ether oxygens (including phenoxy) is 1. The first-order valence-electron chi connectivity index (χ1n) is 2.54. The van der Waals surface area contributed by atoms with E-state index in [4.69, 9.17) is 0 Å². The van der Waals surface area contributed by atoms with Crippen molar-refractivity contribution in [3.8, 4) is 0 Å². The van der Waals surface area contributed by atoms with Crippen LogP contribution in [0.1, 0.15) is 6.42 Å². The maximum Gasteiger partial charge on any atom is 0.341 e. The van der Waals surface area contributed by atoms with Gasteiger partial charge < -0.3 is 4.74 Å². The molecule has 0 bridgehead atoms. The third kappa shape index (κ3) is 5.17.